The van der Waals surface area contributed by atoms with Crippen LogP contribution in [0.4, 0.5) is 0 Å². The highest BCUT2D eigenvalue weighted by molar-refractivity contribution is 5.96. The highest BCUT2D eigenvalue weighted by Crippen LogP contribution is 2.23. The Morgan fingerprint density at radius 1 is 1.17 bits per heavy atom. The highest BCUT2D eigenvalue weighted by Gasteiger charge is 2.27. The maximum atomic E-state index is 12.5. The Kier molecular flexibility index (Phi) is 4.93. The Bertz CT molecular complexity index is 724. The molecule has 0 bridgehead atoms. The smallest absolute Gasteiger partial charge is 0.326 e. The van der Waals surface area contributed by atoms with E-state index in [-0.39, 0.29) is 12.1 Å². The van der Waals surface area contributed by atoms with Crippen molar-refractivity contribution < 1.29 is 19.2 Å². The predicted molar refractivity (Wildman–Crippen MR) is 86.8 cm³/mol. The Morgan fingerprint density at radius 2 is 1.92 bits per heavy atom. The van der Waals surface area contributed by atoms with E-state index in [2.05, 4.69) is 10.5 Å². The molecule has 1 aromatic carbocycles. The number of benzene rings is 1. The number of hydrogen-bond donors (Lipinski definition) is 2. The number of carboxylic acids is 1. The summed E-state index contributed by atoms with van der Waals surface area (Å²) in [7, 11) is 0. The van der Waals surface area contributed by atoms with Crippen LogP contribution in [-0.2, 0) is 24.1 Å². The molecule has 1 unspecified atom stereocenters. The molecule has 0 spiro atoms. The summed E-state index contributed by atoms with van der Waals surface area (Å²) in [6.07, 6.45) is 4.86. The van der Waals surface area contributed by atoms with Gasteiger partial charge in [0.05, 0.1) is 0 Å². The fraction of sp³-hybridized carbons (Fsp3) is 0.389. The minimum Gasteiger partial charge on any atom is -0.480 e. The van der Waals surface area contributed by atoms with Crippen molar-refractivity contribution in [3.8, 4) is 0 Å². The Hall–Kier alpha value is -2.63. The Labute approximate surface area is 139 Å². The van der Waals surface area contributed by atoms with E-state index in [0.29, 0.717) is 0 Å². The zero-order valence-electron chi connectivity index (χ0n) is 13.3. The van der Waals surface area contributed by atoms with E-state index in [1.54, 1.807) is 0 Å². The number of amides is 1. The molecular weight excluding hydrogens is 308 g/mol. The average Bonchev–Trinajstić information content (AvgIpc) is 2.84. The number of hydrogen-bond acceptors (Lipinski definition) is 4. The second kappa shape index (κ2) is 7.29. The first kappa shape index (κ1) is 16.2. The third-order valence-electron chi connectivity index (χ3n) is 4.30. The number of aliphatic carboxylic acids is 1. The summed E-state index contributed by atoms with van der Waals surface area (Å²) in [6.45, 7) is 0. The summed E-state index contributed by atoms with van der Waals surface area (Å²) in [4.78, 5) is 24.0. The molecule has 1 aliphatic carbocycles. The van der Waals surface area contributed by atoms with Crippen LogP contribution in [-0.4, -0.2) is 28.2 Å². The lowest BCUT2D eigenvalue weighted by Gasteiger charge is -2.14. The van der Waals surface area contributed by atoms with E-state index < -0.39 is 17.9 Å². The first-order chi connectivity index (χ1) is 11.6. The number of nitrogens with one attached hydrogen (secondary N) is 1. The van der Waals surface area contributed by atoms with Gasteiger partial charge in [0.25, 0.3) is 5.91 Å². The van der Waals surface area contributed by atoms with Gasteiger partial charge in [-0.05, 0) is 24.8 Å². The molecule has 6 heteroatoms. The van der Waals surface area contributed by atoms with Crippen molar-refractivity contribution in [2.75, 3.05) is 0 Å². The third-order valence-corrected chi connectivity index (χ3v) is 4.30. The molecule has 3 rings (SSSR count). The lowest BCUT2D eigenvalue weighted by atomic mass is 10.0. The lowest BCUT2D eigenvalue weighted by Crippen LogP contribution is -2.42. The van der Waals surface area contributed by atoms with Crippen LogP contribution in [0.3, 0.4) is 0 Å². The number of carbonyl (C=O) groups excluding carboxylic acids is 1. The number of aryl methyl sites for hydroxylation is 1. The fourth-order valence-electron chi connectivity index (χ4n) is 3.02. The van der Waals surface area contributed by atoms with Crippen molar-refractivity contribution in [2.45, 2.75) is 44.6 Å². The number of carbonyl (C=O) groups is 2. The first-order valence-corrected chi connectivity index (χ1v) is 8.20. The minimum absolute atomic E-state index is 0.224. The molecule has 1 aliphatic rings. The van der Waals surface area contributed by atoms with Gasteiger partial charge in [-0.3, -0.25) is 4.79 Å². The van der Waals surface area contributed by atoms with Gasteiger partial charge in [0.15, 0.2) is 5.69 Å². The largest absolute Gasteiger partial charge is 0.480 e. The molecule has 1 aromatic heterocycles. The van der Waals surface area contributed by atoms with Crippen molar-refractivity contribution in [2.24, 2.45) is 0 Å². The molecule has 0 fully saturated rings. The van der Waals surface area contributed by atoms with Crippen LogP contribution in [0.1, 0.15) is 46.6 Å². The van der Waals surface area contributed by atoms with Crippen LogP contribution in [0.2, 0.25) is 0 Å². The highest BCUT2D eigenvalue weighted by atomic mass is 16.5. The van der Waals surface area contributed by atoms with Gasteiger partial charge in [0.1, 0.15) is 11.8 Å². The van der Waals surface area contributed by atoms with Gasteiger partial charge in [0, 0.05) is 18.4 Å². The molecule has 24 heavy (non-hydrogen) atoms. The molecule has 2 N–H and O–H groups in total. The number of rotatable bonds is 5. The summed E-state index contributed by atoms with van der Waals surface area (Å²) in [5.41, 5.74) is 1.91. The van der Waals surface area contributed by atoms with Crippen LogP contribution in [0.25, 0.3) is 0 Å². The van der Waals surface area contributed by atoms with E-state index in [4.69, 9.17) is 4.52 Å². The molecule has 6 nitrogen and oxygen atoms in total. The first-order valence-electron chi connectivity index (χ1n) is 8.20. The normalized spacial score (nSPS) is 15.2. The van der Waals surface area contributed by atoms with Gasteiger partial charge in [-0.2, -0.15) is 0 Å². The number of carboxylic acid groups (broad SMARTS) is 1. The van der Waals surface area contributed by atoms with Gasteiger partial charge < -0.3 is 14.9 Å². The summed E-state index contributed by atoms with van der Waals surface area (Å²) in [6, 6.07) is 8.22. The van der Waals surface area contributed by atoms with Crippen LogP contribution in [0, 0.1) is 0 Å². The number of aromatic nitrogens is 1. The Morgan fingerprint density at radius 3 is 2.67 bits per heavy atom. The average molecular weight is 328 g/mol. The summed E-state index contributed by atoms with van der Waals surface area (Å²) in [5, 5.41) is 15.9. The van der Waals surface area contributed by atoms with E-state index in [9.17, 15) is 14.7 Å². The quantitative estimate of drug-likeness (QED) is 0.822. The van der Waals surface area contributed by atoms with Gasteiger partial charge in [0.2, 0.25) is 0 Å². The Balaban J connectivity index is 1.74. The van der Waals surface area contributed by atoms with Crippen LogP contribution < -0.4 is 5.32 Å². The van der Waals surface area contributed by atoms with Crippen LogP contribution >= 0.6 is 0 Å². The topological polar surface area (TPSA) is 92.4 Å². The standard InChI is InChI=1S/C18H20N2O4/c21-17(16-13-9-5-2-6-10-15(13)24-20-16)19-14(18(22)23)11-12-7-3-1-4-8-12/h1,3-4,7-8,14H,2,5-6,9-11H2,(H,19,21)(H,22,23). The van der Waals surface area contributed by atoms with Gasteiger partial charge >= 0.3 is 5.97 Å². The SMILES string of the molecule is O=C(NC(Cc1ccccc1)C(=O)O)c1noc2c1CCCCC2. The monoisotopic (exact) mass is 328 g/mol. The van der Waals surface area contributed by atoms with E-state index >= 15 is 0 Å². The van der Waals surface area contributed by atoms with Crippen molar-refractivity contribution in [3.05, 3.63) is 52.9 Å². The second-order valence-corrected chi connectivity index (χ2v) is 6.05. The fourth-order valence-corrected chi connectivity index (χ4v) is 3.02. The van der Waals surface area contributed by atoms with E-state index in [1.165, 1.54) is 0 Å². The summed E-state index contributed by atoms with van der Waals surface area (Å²) in [5.74, 6) is -0.792. The van der Waals surface area contributed by atoms with Gasteiger partial charge in [-0.15, -0.1) is 0 Å². The van der Waals surface area contributed by atoms with Crippen molar-refractivity contribution >= 4 is 11.9 Å². The molecule has 2 aromatic rings. The lowest BCUT2D eigenvalue weighted by molar-refractivity contribution is -0.139. The maximum Gasteiger partial charge on any atom is 0.326 e. The minimum atomic E-state index is -1.07. The third kappa shape index (κ3) is 3.64. The number of fused-ring (bicyclic) bond motifs is 1. The van der Waals surface area contributed by atoms with Crippen molar-refractivity contribution in [3.63, 3.8) is 0 Å². The van der Waals surface area contributed by atoms with Crippen molar-refractivity contribution in [1.29, 1.82) is 0 Å². The van der Waals surface area contributed by atoms with Gasteiger partial charge in [-0.1, -0.05) is 41.9 Å². The molecule has 1 atom stereocenters. The summed E-state index contributed by atoms with van der Waals surface area (Å²) < 4.78 is 5.29. The van der Waals surface area contributed by atoms with Gasteiger partial charge in [-0.25, -0.2) is 4.79 Å². The maximum absolute atomic E-state index is 12.5. The predicted octanol–water partition coefficient (Wildman–Crippen LogP) is 2.37. The molecule has 1 amide bonds. The van der Waals surface area contributed by atoms with Crippen LogP contribution in [0.5, 0.6) is 0 Å². The van der Waals surface area contributed by atoms with Crippen LogP contribution in [0.15, 0.2) is 34.9 Å². The molecule has 0 saturated heterocycles. The molecule has 0 saturated carbocycles. The zero-order chi connectivity index (χ0) is 16.9. The van der Waals surface area contributed by atoms with E-state index in [1.807, 2.05) is 30.3 Å². The number of nitrogens with zero attached hydrogens (tertiary/aromatic N) is 1. The molecule has 0 aliphatic heterocycles. The zero-order valence-corrected chi connectivity index (χ0v) is 13.3. The molecular formula is C18H20N2O4. The molecule has 126 valence electrons. The second-order valence-electron chi connectivity index (χ2n) is 6.05. The van der Waals surface area contributed by atoms with E-state index in [0.717, 1.165) is 49.0 Å². The van der Waals surface area contributed by atoms with Crippen molar-refractivity contribution in [1.82, 2.24) is 10.5 Å². The molecule has 0 radical (unpaired) electrons. The summed E-state index contributed by atoms with van der Waals surface area (Å²) >= 11 is 0. The molecule has 1 heterocycles.